The number of benzene rings is 2. The third-order valence-corrected chi connectivity index (χ3v) is 7.56. The molecule has 152 valence electrons. The van der Waals surface area contributed by atoms with Gasteiger partial charge in [0.15, 0.2) is 0 Å². The number of hydrogen-bond acceptors (Lipinski definition) is 3. The molecule has 3 heteroatoms. The van der Waals surface area contributed by atoms with Crippen molar-refractivity contribution in [3.8, 4) is 0 Å². The van der Waals surface area contributed by atoms with Crippen LogP contribution in [0.5, 0.6) is 0 Å². The van der Waals surface area contributed by atoms with Crippen LogP contribution in [0.3, 0.4) is 0 Å². The molecule has 29 heavy (non-hydrogen) atoms. The summed E-state index contributed by atoms with van der Waals surface area (Å²) in [5.41, 5.74) is 2.35. The van der Waals surface area contributed by atoms with Crippen LogP contribution in [-0.4, -0.2) is 29.1 Å². The van der Waals surface area contributed by atoms with E-state index in [1.807, 2.05) is 18.2 Å². The molecule has 1 heterocycles. The zero-order valence-electron chi connectivity index (χ0n) is 17.1. The van der Waals surface area contributed by atoms with E-state index in [0.717, 1.165) is 43.7 Å². The Morgan fingerprint density at radius 2 is 1.55 bits per heavy atom. The summed E-state index contributed by atoms with van der Waals surface area (Å²) in [5, 5.41) is 15.7. The second-order valence-corrected chi connectivity index (χ2v) is 9.19. The highest BCUT2D eigenvalue weighted by molar-refractivity contribution is 5.34. The number of rotatable bonds is 7. The van der Waals surface area contributed by atoms with Gasteiger partial charge in [-0.3, -0.25) is 0 Å². The monoisotopic (exact) mass is 388 g/mol. The van der Waals surface area contributed by atoms with Crippen molar-refractivity contribution in [3.05, 3.63) is 84.1 Å². The van der Waals surface area contributed by atoms with Crippen molar-refractivity contribution in [2.75, 3.05) is 13.1 Å². The fraction of sp³-hybridized carbons (Fsp3) is 0.462. The Balaban J connectivity index is 1.25. The first-order valence-corrected chi connectivity index (χ1v) is 11.2. The third-order valence-electron chi connectivity index (χ3n) is 7.56. The van der Waals surface area contributed by atoms with Crippen LogP contribution in [0.4, 0.5) is 0 Å². The molecule has 0 aromatic heterocycles. The molecule has 0 spiro atoms. The number of fused-ring (bicyclic) bond motifs is 1. The fourth-order valence-corrected chi connectivity index (χ4v) is 5.80. The average Bonchev–Trinajstić information content (AvgIpc) is 3.19. The zero-order chi connectivity index (χ0) is 19.8. The summed E-state index contributed by atoms with van der Waals surface area (Å²) in [6.45, 7) is 7.42. The predicted octanol–water partition coefficient (Wildman–Crippen LogP) is 4.30. The molecule has 1 aliphatic heterocycles. The van der Waals surface area contributed by atoms with E-state index >= 15 is 0 Å². The minimum absolute atomic E-state index is 0.279. The molecule has 0 radical (unpaired) electrons. The van der Waals surface area contributed by atoms with Crippen molar-refractivity contribution in [1.82, 2.24) is 10.2 Å². The molecule has 2 aromatic carbocycles. The second-order valence-electron chi connectivity index (χ2n) is 9.19. The number of nitrogens with one attached hydrogen (secondary N) is 1. The molecule has 3 atom stereocenters. The Morgan fingerprint density at radius 3 is 2.17 bits per heavy atom. The third kappa shape index (κ3) is 3.41. The van der Waals surface area contributed by atoms with E-state index < -0.39 is 5.60 Å². The summed E-state index contributed by atoms with van der Waals surface area (Å²) in [6.07, 6.45) is 4.60. The Morgan fingerprint density at radius 1 is 0.966 bits per heavy atom. The molecule has 2 N–H and O–H groups in total. The van der Waals surface area contributed by atoms with Crippen LogP contribution in [0.15, 0.2) is 72.9 Å². The molecular weight excluding hydrogens is 356 g/mol. The molecule has 3 nitrogen and oxygen atoms in total. The number of nitrogens with zero attached hydrogens (tertiary/aromatic N) is 1. The van der Waals surface area contributed by atoms with Crippen molar-refractivity contribution < 1.29 is 5.11 Å². The van der Waals surface area contributed by atoms with Gasteiger partial charge in [-0.25, -0.2) is 0 Å². The normalized spacial score (nSPS) is 28.2. The van der Waals surface area contributed by atoms with Gasteiger partial charge in [0.2, 0.25) is 0 Å². The van der Waals surface area contributed by atoms with Crippen LogP contribution in [0.25, 0.3) is 0 Å². The van der Waals surface area contributed by atoms with E-state index in [0.29, 0.717) is 17.9 Å². The van der Waals surface area contributed by atoms with Gasteiger partial charge in [0.1, 0.15) is 5.60 Å². The maximum atomic E-state index is 12.0. The van der Waals surface area contributed by atoms with Gasteiger partial charge in [-0.05, 0) is 41.7 Å². The summed E-state index contributed by atoms with van der Waals surface area (Å²) < 4.78 is 0. The van der Waals surface area contributed by atoms with Gasteiger partial charge in [-0.1, -0.05) is 80.1 Å². The van der Waals surface area contributed by atoms with E-state index in [1.54, 1.807) is 0 Å². The van der Waals surface area contributed by atoms with Crippen LogP contribution in [0.2, 0.25) is 0 Å². The molecule has 2 aliphatic carbocycles. The molecule has 2 saturated carbocycles. The number of hydrogen-bond donors (Lipinski definition) is 2. The standard InChI is InChI=1S/C26H32N2O/c1-19(26(29,22-14-8-9-15-22)21-12-6-3-7-13-21)28-17-23-24(18-28)25(23)27-16-20-10-4-2-5-11-20/h2-7,10-13,22-25,27,29H,1,8-9,14-18H2. The van der Waals surface area contributed by atoms with Crippen LogP contribution >= 0.6 is 0 Å². The summed E-state index contributed by atoms with van der Waals surface area (Å²) in [7, 11) is 0. The summed E-state index contributed by atoms with van der Waals surface area (Å²) in [4.78, 5) is 2.38. The average molecular weight is 389 g/mol. The van der Waals surface area contributed by atoms with E-state index in [1.165, 1.54) is 18.4 Å². The van der Waals surface area contributed by atoms with Gasteiger partial charge in [0.25, 0.3) is 0 Å². The van der Waals surface area contributed by atoms with Crippen molar-refractivity contribution >= 4 is 0 Å². The van der Waals surface area contributed by atoms with Crippen LogP contribution in [0, 0.1) is 17.8 Å². The molecule has 3 unspecified atom stereocenters. The van der Waals surface area contributed by atoms with E-state index in [9.17, 15) is 5.11 Å². The quantitative estimate of drug-likeness (QED) is 0.742. The fourth-order valence-electron chi connectivity index (χ4n) is 5.80. The summed E-state index contributed by atoms with van der Waals surface area (Å²) in [5.74, 6) is 1.64. The first-order chi connectivity index (χ1) is 14.2. The van der Waals surface area contributed by atoms with E-state index in [2.05, 4.69) is 59.3 Å². The van der Waals surface area contributed by atoms with Crippen LogP contribution in [0.1, 0.15) is 36.8 Å². The largest absolute Gasteiger partial charge is 0.379 e. The number of piperidine rings is 1. The lowest BCUT2D eigenvalue weighted by Crippen LogP contribution is -2.44. The lowest BCUT2D eigenvalue weighted by atomic mass is 9.77. The van der Waals surface area contributed by atoms with Gasteiger partial charge < -0.3 is 15.3 Å². The van der Waals surface area contributed by atoms with E-state index in [-0.39, 0.29) is 5.92 Å². The minimum atomic E-state index is -0.929. The van der Waals surface area contributed by atoms with Crippen LogP contribution < -0.4 is 5.32 Å². The highest BCUT2D eigenvalue weighted by Crippen LogP contribution is 2.51. The maximum absolute atomic E-state index is 12.0. The van der Waals surface area contributed by atoms with Gasteiger partial charge >= 0.3 is 0 Å². The topological polar surface area (TPSA) is 35.5 Å². The molecule has 0 bridgehead atoms. The van der Waals surface area contributed by atoms with Gasteiger partial charge in [0, 0.05) is 31.4 Å². The Bertz CT molecular complexity index is 834. The van der Waals surface area contributed by atoms with Crippen molar-refractivity contribution in [2.45, 2.75) is 43.9 Å². The molecule has 3 aliphatic rings. The lowest BCUT2D eigenvalue weighted by molar-refractivity contribution is -0.00973. The lowest BCUT2D eigenvalue weighted by Gasteiger charge is -2.41. The Kier molecular flexibility index (Phi) is 4.97. The van der Waals surface area contributed by atoms with Crippen molar-refractivity contribution in [1.29, 1.82) is 0 Å². The smallest absolute Gasteiger partial charge is 0.131 e. The minimum Gasteiger partial charge on any atom is -0.379 e. The number of likely N-dealkylation sites (tertiary alicyclic amines) is 1. The Labute approximate surface area is 174 Å². The maximum Gasteiger partial charge on any atom is 0.131 e. The molecule has 2 aromatic rings. The van der Waals surface area contributed by atoms with Gasteiger partial charge in [-0.2, -0.15) is 0 Å². The molecule has 0 amide bonds. The summed E-state index contributed by atoms with van der Waals surface area (Å²) in [6, 6.07) is 21.5. The van der Waals surface area contributed by atoms with Crippen LogP contribution in [-0.2, 0) is 12.1 Å². The Hall–Kier alpha value is -2.10. The van der Waals surface area contributed by atoms with Gasteiger partial charge in [-0.15, -0.1) is 0 Å². The van der Waals surface area contributed by atoms with E-state index in [4.69, 9.17) is 0 Å². The van der Waals surface area contributed by atoms with Crippen molar-refractivity contribution in [2.24, 2.45) is 17.8 Å². The van der Waals surface area contributed by atoms with Crippen molar-refractivity contribution in [3.63, 3.8) is 0 Å². The molecule has 3 fully saturated rings. The second kappa shape index (κ2) is 7.62. The summed E-state index contributed by atoms with van der Waals surface area (Å²) >= 11 is 0. The predicted molar refractivity (Wildman–Crippen MR) is 117 cm³/mol. The molecule has 1 saturated heterocycles. The molecule has 5 rings (SSSR count). The number of aliphatic hydroxyl groups is 1. The zero-order valence-corrected chi connectivity index (χ0v) is 17.1. The first kappa shape index (κ1) is 18.9. The first-order valence-electron chi connectivity index (χ1n) is 11.2. The highest BCUT2D eigenvalue weighted by Gasteiger charge is 2.57. The SMILES string of the molecule is C=C(N1CC2C(C1)C2NCc1ccccc1)C(O)(c1ccccc1)C1CCCC1. The molecular formula is C26H32N2O. The van der Waals surface area contributed by atoms with Gasteiger partial charge in [0.05, 0.1) is 0 Å². The highest BCUT2D eigenvalue weighted by atomic mass is 16.3.